The Kier molecular flexibility index (Phi) is 8.07. The molecule has 1 aromatic heterocycles. The van der Waals surface area contributed by atoms with Gasteiger partial charge in [-0.15, -0.1) is 11.3 Å². The van der Waals surface area contributed by atoms with Gasteiger partial charge in [0.25, 0.3) is 5.91 Å². The van der Waals surface area contributed by atoms with Crippen LogP contribution < -0.4 is 16.0 Å². The predicted molar refractivity (Wildman–Crippen MR) is 125 cm³/mol. The van der Waals surface area contributed by atoms with E-state index in [0.717, 1.165) is 15.0 Å². The number of rotatable bonds is 8. The Labute approximate surface area is 185 Å². The van der Waals surface area contributed by atoms with E-state index in [2.05, 4.69) is 20.9 Å². The van der Waals surface area contributed by atoms with Crippen LogP contribution in [0.1, 0.15) is 28.3 Å². The molecule has 8 heteroatoms. The molecule has 1 heterocycles. The number of aliphatic imine (C=N–C) groups is 1. The summed E-state index contributed by atoms with van der Waals surface area (Å²) in [5.74, 6) is 0.370. The molecule has 1 atom stereocenters. The second kappa shape index (κ2) is 11.0. The fourth-order valence-corrected chi connectivity index (χ4v) is 4.14. The number of halogens is 1. The number of aliphatic hydroxyl groups is 1. The van der Waals surface area contributed by atoms with Gasteiger partial charge in [0.05, 0.1) is 17.1 Å². The van der Waals surface area contributed by atoms with Gasteiger partial charge >= 0.3 is 0 Å². The molecule has 1 amide bonds. The average molecular weight is 445 g/mol. The summed E-state index contributed by atoms with van der Waals surface area (Å²) in [6.07, 6.45) is -0.669. The number of carbonyl (C=O) groups excluding carboxylic acids is 1. The lowest BCUT2D eigenvalue weighted by Crippen LogP contribution is -2.41. The molecule has 158 valence electrons. The SMILES string of the molecule is CCNC(=NCC(O)c1cc2ccccc2s1)NCCNC(=O)c1ccccc1Cl. The molecule has 0 aliphatic heterocycles. The predicted octanol–water partition coefficient (Wildman–Crippen LogP) is 3.57. The van der Waals surface area contributed by atoms with Crippen LogP contribution in [0, 0.1) is 0 Å². The second-order valence-corrected chi connectivity index (χ2v) is 8.11. The fraction of sp³-hybridized carbons (Fsp3) is 0.273. The molecular weight excluding hydrogens is 420 g/mol. The lowest BCUT2D eigenvalue weighted by Gasteiger charge is -2.13. The lowest BCUT2D eigenvalue weighted by atomic mass is 10.2. The molecule has 1 unspecified atom stereocenters. The van der Waals surface area contributed by atoms with Gasteiger partial charge in [0, 0.05) is 29.2 Å². The number of amides is 1. The maximum atomic E-state index is 12.2. The molecular formula is C22H25ClN4O2S. The van der Waals surface area contributed by atoms with Crippen LogP contribution in [-0.2, 0) is 0 Å². The molecule has 0 aliphatic carbocycles. The van der Waals surface area contributed by atoms with Crippen LogP contribution in [0.5, 0.6) is 0 Å². The Hall–Kier alpha value is -2.61. The summed E-state index contributed by atoms with van der Waals surface area (Å²) in [4.78, 5) is 17.5. The van der Waals surface area contributed by atoms with Gasteiger partial charge in [-0.2, -0.15) is 0 Å². The first-order valence-corrected chi connectivity index (χ1v) is 11.0. The van der Waals surface area contributed by atoms with Crippen LogP contribution in [-0.4, -0.2) is 43.2 Å². The molecule has 0 radical (unpaired) electrons. The number of carbonyl (C=O) groups is 1. The van der Waals surface area contributed by atoms with Crippen LogP contribution in [0.15, 0.2) is 59.6 Å². The van der Waals surface area contributed by atoms with E-state index in [9.17, 15) is 9.90 Å². The topological polar surface area (TPSA) is 85.8 Å². The Morgan fingerprint density at radius 3 is 2.60 bits per heavy atom. The molecule has 0 fully saturated rings. The maximum absolute atomic E-state index is 12.2. The molecule has 6 nitrogen and oxygen atoms in total. The summed E-state index contributed by atoms with van der Waals surface area (Å²) < 4.78 is 1.15. The summed E-state index contributed by atoms with van der Waals surface area (Å²) in [5.41, 5.74) is 0.450. The minimum atomic E-state index is -0.669. The van der Waals surface area contributed by atoms with Gasteiger partial charge in [0.2, 0.25) is 0 Å². The number of guanidine groups is 1. The van der Waals surface area contributed by atoms with Gasteiger partial charge in [-0.05, 0) is 36.6 Å². The van der Waals surface area contributed by atoms with E-state index in [1.807, 2.05) is 37.3 Å². The van der Waals surface area contributed by atoms with Crippen molar-refractivity contribution in [3.05, 3.63) is 70.1 Å². The first-order chi connectivity index (χ1) is 14.6. The molecule has 3 aromatic rings. The summed E-state index contributed by atoms with van der Waals surface area (Å²) in [6, 6.07) is 17.0. The zero-order valence-electron chi connectivity index (χ0n) is 16.7. The van der Waals surface area contributed by atoms with Crippen molar-refractivity contribution in [2.45, 2.75) is 13.0 Å². The van der Waals surface area contributed by atoms with Crippen molar-refractivity contribution in [2.24, 2.45) is 4.99 Å². The Bertz CT molecular complexity index is 988. The molecule has 30 heavy (non-hydrogen) atoms. The van der Waals surface area contributed by atoms with Crippen molar-refractivity contribution in [1.29, 1.82) is 0 Å². The zero-order chi connectivity index (χ0) is 21.3. The zero-order valence-corrected chi connectivity index (χ0v) is 18.3. The standard InChI is InChI=1S/C22H25ClN4O2S/c1-2-24-22(26-12-11-25-21(29)16-8-4-5-9-17(16)23)27-14-18(28)20-13-15-7-3-6-10-19(15)30-20/h3-10,13,18,28H,2,11-12,14H2,1H3,(H,25,29)(H2,24,26,27). The summed E-state index contributed by atoms with van der Waals surface area (Å²) in [7, 11) is 0. The highest BCUT2D eigenvalue weighted by Gasteiger charge is 2.12. The molecule has 3 rings (SSSR count). The Morgan fingerprint density at radius 2 is 1.83 bits per heavy atom. The van der Waals surface area contributed by atoms with Crippen molar-refractivity contribution in [2.75, 3.05) is 26.2 Å². The first kappa shape index (κ1) is 22.1. The lowest BCUT2D eigenvalue weighted by molar-refractivity contribution is 0.0954. The number of thiophene rings is 1. The van der Waals surface area contributed by atoms with E-state index in [1.165, 1.54) is 0 Å². The molecule has 0 aliphatic rings. The minimum absolute atomic E-state index is 0.218. The van der Waals surface area contributed by atoms with Crippen LogP contribution in [0.3, 0.4) is 0 Å². The molecule has 0 spiro atoms. The normalized spacial score (nSPS) is 12.6. The quantitative estimate of drug-likeness (QED) is 0.243. The number of hydrogen-bond acceptors (Lipinski definition) is 4. The second-order valence-electron chi connectivity index (χ2n) is 6.58. The van der Waals surface area contributed by atoms with Crippen LogP contribution in [0.25, 0.3) is 10.1 Å². The first-order valence-electron chi connectivity index (χ1n) is 9.80. The van der Waals surface area contributed by atoms with Crippen molar-refractivity contribution in [3.8, 4) is 0 Å². The number of hydrogen-bond donors (Lipinski definition) is 4. The van der Waals surface area contributed by atoms with Crippen LogP contribution in [0.2, 0.25) is 5.02 Å². The molecule has 0 saturated carbocycles. The smallest absolute Gasteiger partial charge is 0.252 e. The summed E-state index contributed by atoms with van der Waals surface area (Å²) in [6.45, 7) is 3.80. The monoisotopic (exact) mass is 444 g/mol. The van der Waals surface area contributed by atoms with Crippen LogP contribution >= 0.6 is 22.9 Å². The van der Waals surface area contributed by atoms with Gasteiger partial charge in [-0.25, -0.2) is 0 Å². The average Bonchev–Trinajstić information content (AvgIpc) is 3.19. The Balaban J connectivity index is 1.50. The highest BCUT2D eigenvalue weighted by Crippen LogP contribution is 2.29. The summed E-state index contributed by atoms with van der Waals surface area (Å²) in [5, 5.41) is 21.2. The highest BCUT2D eigenvalue weighted by molar-refractivity contribution is 7.19. The van der Waals surface area contributed by atoms with E-state index in [-0.39, 0.29) is 12.5 Å². The molecule has 2 aromatic carbocycles. The van der Waals surface area contributed by atoms with Crippen molar-refractivity contribution in [3.63, 3.8) is 0 Å². The van der Waals surface area contributed by atoms with Crippen molar-refractivity contribution < 1.29 is 9.90 Å². The van der Waals surface area contributed by atoms with Crippen molar-refractivity contribution >= 4 is 44.9 Å². The van der Waals surface area contributed by atoms with Crippen LogP contribution in [0.4, 0.5) is 0 Å². The number of fused-ring (bicyclic) bond motifs is 1. The van der Waals surface area contributed by atoms with Gasteiger partial charge in [-0.3, -0.25) is 9.79 Å². The third-order valence-electron chi connectivity index (χ3n) is 4.36. The number of benzene rings is 2. The largest absolute Gasteiger partial charge is 0.386 e. The van der Waals surface area contributed by atoms with E-state index >= 15 is 0 Å². The van der Waals surface area contributed by atoms with Gasteiger partial charge in [-0.1, -0.05) is 41.9 Å². The van der Waals surface area contributed by atoms with E-state index < -0.39 is 6.10 Å². The summed E-state index contributed by atoms with van der Waals surface area (Å²) >= 11 is 7.62. The molecule has 4 N–H and O–H groups in total. The van der Waals surface area contributed by atoms with E-state index in [0.29, 0.717) is 36.2 Å². The number of nitrogens with zero attached hydrogens (tertiary/aromatic N) is 1. The minimum Gasteiger partial charge on any atom is -0.386 e. The molecule has 0 bridgehead atoms. The van der Waals surface area contributed by atoms with Gasteiger partial charge in [0.15, 0.2) is 5.96 Å². The third-order valence-corrected chi connectivity index (χ3v) is 5.91. The van der Waals surface area contributed by atoms with Crippen molar-refractivity contribution in [1.82, 2.24) is 16.0 Å². The highest BCUT2D eigenvalue weighted by atomic mass is 35.5. The van der Waals surface area contributed by atoms with Gasteiger partial charge in [0.1, 0.15) is 6.10 Å². The maximum Gasteiger partial charge on any atom is 0.252 e. The number of aliphatic hydroxyl groups excluding tert-OH is 1. The number of nitrogens with one attached hydrogen (secondary N) is 3. The van der Waals surface area contributed by atoms with E-state index in [1.54, 1.807) is 35.6 Å². The third kappa shape index (κ3) is 5.95. The molecule has 0 saturated heterocycles. The Morgan fingerprint density at radius 1 is 1.10 bits per heavy atom. The van der Waals surface area contributed by atoms with Gasteiger partial charge < -0.3 is 21.1 Å². The van der Waals surface area contributed by atoms with E-state index in [4.69, 9.17) is 11.6 Å². The fourth-order valence-electron chi connectivity index (χ4n) is 2.87.